The van der Waals surface area contributed by atoms with Gasteiger partial charge in [-0.1, -0.05) is 0 Å². The third-order valence-electron chi connectivity index (χ3n) is 6.00. The summed E-state index contributed by atoms with van der Waals surface area (Å²) in [5.41, 5.74) is 1.92. The number of benzene rings is 1. The average Bonchev–Trinajstić information content (AvgIpc) is 3.15. The molecule has 3 heterocycles. The molecule has 1 N–H and O–H groups in total. The van der Waals surface area contributed by atoms with Crippen molar-refractivity contribution in [2.24, 2.45) is 13.0 Å². The van der Waals surface area contributed by atoms with E-state index in [1.807, 2.05) is 11.0 Å². The molecular weight excluding hydrogens is 399 g/mol. The Bertz CT molecular complexity index is 1160. The summed E-state index contributed by atoms with van der Waals surface area (Å²) >= 11 is 0. The van der Waals surface area contributed by atoms with Crippen LogP contribution in [0.15, 0.2) is 41.3 Å². The minimum absolute atomic E-state index is 0.0154. The maximum absolute atomic E-state index is 13.1. The fraction of sp³-hybridized carbons (Fsp3) is 0.391. The normalized spacial score (nSPS) is 14.8. The summed E-state index contributed by atoms with van der Waals surface area (Å²) in [7, 11) is 1.79. The zero-order valence-corrected chi connectivity index (χ0v) is 17.4. The fourth-order valence-corrected chi connectivity index (χ4v) is 4.17. The Morgan fingerprint density at radius 2 is 1.90 bits per heavy atom. The van der Waals surface area contributed by atoms with Crippen LogP contribution in [0.3, 0.4) is 0 Å². The SMILES string of the molecule is Cn1ncc2c(=O)[nH]c(CCCC(=O)N3CCC(C(=O)c4ccc(F)cc4)CC3)cc21. The number of carbonyl (C=O) groups excluding carboxylic acids is 2. The molecule has 1 fully saturated rings. The number of aromatic nitrogens is 3. The molecule has 1 aromatic carbocycles. The number of nitrogens with zero attached hydrogens (tertiary/aromatic N) is 3. The molecule has 0 aliphatic carbocycles. The van der Waals surface area contributed by atoms with Gasteiger partial charge in [-0.3, -0.25) is 19.1 Å². The van der Waals surface area contributed by atoms with Crippen LogP contribution in [-0.4, -0.2) is 44.4 Å². The van der Waals surface area contributed by atoms with Crippen LogP contribution in [-0.2, 0) is 18.3 Å². The molecule has 7 nitrogen and oxygen atoms in total. The summed E-state index contributed by atoms with van der Waals surface area (Å²) in [5, 5.41) is 4.66. The van der Waals surface area contributed by atoms with Crippen molar-refractivity contribution in [3.63, 3.8) is 0 Å². The van der Waals surface area contributed by atoms with Gasteiger partial charge in [-0.15, -0.1) is 0 Å². The van der Waals surface area contributed by atoms with E-state index in [9.17, 15) is 18.8 Å². The number of pyridine rings is 1. The van der Waals surface area contributed by atoms with Gasteiger partial charge in [0.25, 0.3) is 5.56 Å². The van der Waals surface area contributed by atoms with Gasteiger partial charge in [-0.2, -0.15) is 5.10 Å². The monoisotopic (exact) mass is 424 g/mol. The first-order valence-corrected chi connectivity index (χ1v) is 10.5. The van der Waals surface area contributed by atoms with E-state index >= 15 is 0 Å². The number of amides is 1. The summed E-state index contributed by atoms with van der Waals surface area (Å²) in [6, 6.07) is 7.53. The summed E-state index contributed by atoms with van der Waals surface area (Å²) in [6.45, 7) is 1.10. The largest absolute Gasteiger partial charge is 0.343 e. The molecule has 4 rings (SSSR count). The average molecular weight is 424 g/mol. The van der Waals surface area contributed by atoms with E-state index in [2.05, 4.69) is 10.1 Å². The summed E-state index contributed by atoms with van der Waals surface area (Å²) < 4.78 is 14.7. The van der Waals surface area contributed by atoms with Gasteiger partial charge in [0.15, 0.2) is 5.78 Å². The Morgan fingerprint density at radius 1 is 1.19 bits per heavy atom. The number of fused-ring (bicyclic) bond motifs is 1. The van der Waals surface area contributed by atoms with Crippen LogP contribution in [0.2, 0.25) is 0 Å². The van der Waals surface area contributed by atoms with Gasteiger partial charge in [0.05, 0.1) is 17.1 Å². The molecule has 3 aromatic rings. The third-order valence-corrected chi connectivity index (χ3v) is 6.00. The number of likely N-dealkylation sites (tertiary alicyclic amines) is 1. The van der Waals surface area contributed by atoms with Gasteiger partial charge in [-0.25, -0.2) is 4.39 Å². The third kappa shape index (κ3) is 4.57. The van der Waals surface area contributed by atoms with E-state index < -0.39 is 0 Å². The zero-order chi connectivity index (χ0) is 22.0. The Balaban J connectivity index is 1.27. The first kappa shape index (κ1) is 21.0. The molecule has 0 saturated carbocycles. The summed E-state index contributed by atoms with van der Waals surface area (Å²) in [4.78, 5) is 42.0. The quantitative estimate of drug-likeness (QED) is 0.617. The van der Waals surface area contributed by atoms with Crippen molar-refractivity contribution >= 4 is 22.6 Å². The topological polar surface area (TPSA) is 88.1 Å². The van der Waals surface area contributed by atoms with E-state index in [1.54, 1.807) is 17.9 Å². The number of ketones is 1. The predicted octanol–water partition coefficient (Wildman–Crippen LogP) is 2.84. The molecule has 8 heteroatoms. The van der Waals surface area contributed by atoms with E-state index in [0.29, 0.717) is 56.1 Å². The molecule has 1 aliphatic rings. The fourth-order valence-electron chi connectivity index (χ4n) is 4.17. The number of halogens is 1. The van der Waals surface area contributed by atoms with Gasteiger partial charge in [0, 0.05) is 43.7 Å². The van der Waals surface area contributed by atoms with Crippen LogP contribution in [0.4, 0.5) is 4.39 Å². The second kappa shape index (κ2) is 8.83. The maximum atomic E-state index is 13.1. The molecule has 0 radical (unpaired) electrons. The van der Waals surface area contributed by atoms with Crippen LogP contribution in [0.25, 0.3) is 10.9 Å². The minimum Gasteiger partial charge on any atom is -0.343 e. The van der Waals surface area contributed by atoms with Crippen molar-refractivity contribution in [3.8, 4) is 0 Å². The summed E-state index contributed by atoms with van der Waals surface area (Å²) in [5.74, 6) is -0.412. The van der Waals surface area contributed by atoms with Gasteiger partial charge >= 0.3 is 0 Å². The molecule has 2 aromatic heterocycles. The van der Waals surface area contributed by atoms with Gasteiger partial charge in [0.2, 0.25) is 5.91 Å². The second-order valence-corrected chi connectivity index (χ2v) is 8.07. The van der Waals surface area contributed by atoms with Crippen LogP contribution < -0.4 is 5.56 Å². The number of H-pyrrole nitrogens is 1. The minimum atomic E-state index is -0.360. The molecule has 31 heavy (non-hydrogen) atoms. The molecule has 1 aliphatic heterocycles. The van der Waals surface area contributed by atoms with Crippen molar-refractivity contribution in [2.75, 3.05) is 13.1 Å². The number of nitrogens with one attached hydrogen (secondary N) is 1. The molecule has 0 bridgehead atoms. The van der Waals surface area contributed by atoms with Crippen molar-refractivity contribution < 1.29 is 14.0 Å². The van der Waals surface area contributed by atoms with Crippen LogP contribution in [0, 0.1) is 11.7 Å². The van der Waals surface area contributed by atoms with E-state index in [1.165, 1.54) is 24.3 Å². The number of rotatable bonds is 6. The molecule has 1 saturated heterocycles. The van der Waals surface area contributed by atoms with Crippen molar-refractivity contribution in [1.82, 2.24) is 19.7 Å². The number of hydrogen-bond acceptors (Lipinski definition) is 4. The van der Waals surface area contributed by atoms with E-state index in [4.69, 9.17) is 0 Å². The lowest BCUT2D eigenvalue weighted by molar-refractivity contribution is -0.132. The highest BCUT2D eigenvalue weighted by Gasteiger charge is 2.27. The first-order valence-electron chi connectivity index (χ1n) is 10.5. The first-order chi connectivity index (χ1) is 14.9. The molecule has 0 spiro atoms. The molecule has 162 valence electrons. The number of hydrogen-bond donors (Lipinski definition) is 1. The zero-order valence-electron chi connectivity index (χ0n) is 17.4. The Hall–Kier alpha value is -3.29. The second-order valence-electron chi connectivity index (χ2n) is 8.07. The molecule has 1 amide bonds. The highest BCUT2D eigenvalue weighted by molar-refractivity contribution is 5.98. The van der Waals surface area contributed by atoms with Crippen molar-refractivity contribution in [2.45, 2.75) is 32.1 Å². The lowest BCUT2D eigenvalue weighted by Gasteiger charge is -2.31. The smallest absolute Gasteiger partial charge is 0.259 e. The maximum Gasteiger partial charge on any atom is 0.259 e. The number of aryl methyl sites for hydroxylation is 2. The van der Waals surface area contributed by atoms with Gasteiger partial charge in [0.1, 0.15) is 5.82 Å². The summed E-state index contributed by atoms with van der Waals surface area (Å²) in [6.07, 6.45) is 4.40. The Labute approximate surface area is 178 Å². The number of aromatic amines is 1. The Kier molecular flexibility index (Phi) is 5.97. The predicted molar refractivity (Wildman–Crippen MR) is 114 cm³/mol. The number of carbonyl (C=O) groups is 2. The lowest BCUT2D eigenvalue weighted by atomic mass is 9.88. The van der Waals surface area contributed by atoms with E-state index in [0.717, 1.165) is 11.2 Å². The molecule has 0 atom stereocenters. The standard InChI is InChI=1S/C23H25FN4O3/c1-27-20-13-18(26-23(31)19(20)14-25-27)3-2-4-21(29)28-11-9-16(10-12-28)22(30)15-5-7-17(24)8-6-15/h5-8,13-14,16H,2-4,9-12H2,1H3,(H,26,31). The highest BCUT2D eigenvalue weighted by Crippen LogP contribution is 2.23. The van der Waals surface area contributed by atoms with Gasteiger partial charge in [-0.05, 0) is 56.0 Å². The van der Waals surface area contributed by atoms with Crippen LogP contribution in [0.5, 0.6) is 0 Å². The Morgan fingerprint density at radius 3 is 2.61 bits per heavy atom. The number of Topliss-reactive ketones (excluding diaryl/α,β-unsaturated/α-hetero) is 1. The van der Waals surface area contributed by atoms with Crippen LogP contribution in [0.1, 0.15) is 41.7 Å². The molecule has 0 unspecified atom stereocenters. The lowest BCUT2D eigenvalue weighted by Crippen LogP contribution is -2.40. The number of piperidine rings is 1. The highest BCUT2D eigenvalue weighted by atomic mass is 19.1. The van der Waals surface area contributed by atoms with Gasteiger partial charge < -0.3 is 9.88 Å². The molecular formula is C23H25FN4O3. The van der Waals surface area contributed by atoms with Crippen LogP contribution >= 0.6 is 0 Å². The van der Waals surface area contributed by atoms with E-state index in [-0.39, 0.29) is 29.0 Å². The van der Waals surface area contributed by atoms with Crippen molar-refractivity contribution in [3.05, 3.63) is 64.0 Å². The van der Waals surface area contributed by atoms with Crippen molar-refractivity contribution in [1.29, 1.82) is 0 Å².